The van der Waals surface area contributed by atoms with Gasteiger partial charge in [-0.15, -0.1) is 0 Å². The Kier molecular flexibility index (Phi) is 3.72. The molecule has 3 aromatic rings. The molecule has 0 aliphatic rings. The van der Waals surface area contributed by atoms with Crippen LogP contribution in [0, 0.1) is 5.82 Å². The summed E-state index contributed by atoms with van der Waals surface area (Å²) in [4.78, 5) is 23.0. The molecule has 0 atom stereocenters. The molecule has 0 spiro atoms. The summed E-state index contributed by atoms with van der Waals surface area (Å²) in [7, 11) is -2.74. The van der Waals surface area contributed by atoms with E-state index in [4.69, 9.17) is 0 Å². The molecule has 0 aliphatic heterocycles. The summed E-state index contributed by atoms with van der Waals surface area (Å²) in [6.45, 7) is 0. The summed E-state index contributed by atoms with van der Waals surface area (Å²) in [6, 6.07) is 8.88. The summed E-state index contributed by atoms with van der Waals surface area (Å²) in [5, 5.41) is -0.0755. The van der Waals surface area contributed by atoms with Crippen LogP contribution in [0.4, 0.5) is 10.1 Å². The zero-order valence-electron chi connectivity index (χ0n) is 12.3. The van der Waals surface area contributed by atoms with E-state index < -0.39 is 27.2 Å². The molecule has 124 valence electrons. The minimum absolute atomic E-state index is 0.0755. The second-order valence-electron chi connectivity index (χ2n) is 4.98. The van der Waals surface area contributed by atoms with E-state index in [9.17, 15) is 22.4 Å². The number of hydrogen-bond donors (Lipinski definition) is 1. The molecule has 0 amide bonds. The van der Waals surface area contributed by atoms with Gasteiger partial charge in [-0.3, -0.25) is 9.29 Å². The highest BCUT2D eigenvalue weighted by Crippen LogP contribution is 2.20. The number of anilines is 1. The SMILES string of the molecule is Cn1c(=O)oc(=O)c2cc(S(=O)(=O)Nc3ccccc3F)ccc21. The maximum Gasteiger partial charge on any atom is 0.422 e. The largest absolute Gasteiger partial charge is 0.422 e. The molecule has 0 saturated heterocycles. The van der Waals surface area contributed by atoms with Crippen LogP contribution in [0.5, 0.6) is 0 Å². The molecule has 0 bridgehead atoms. The first-order valence-electron chi connectivity index (χ1n) is 6.71. The Bertz CT molecular complexity index is 1160. The van der Waals surface area contributed by atoms with E-state index in [1.165, 1.54) is 37.4 Å². The number of aromatic nitrogens is 1. The molecular formula is C15H11FN2O5S. The topological polar surface area (TPSA) is 98.4 Å². The number of rotatable bonds is 3. The number of para-hydroxylation sites is 1. The van der Waals surface area contributed by atoms with Crippen LogP contribution in [-0.2, 0) is 17.1 Å². The summed E-state index contributed by atoms with van der Waals surface area (Å²) < 4.78 is 46.1. The van der Waals surface area contributed by atoms with E-state index in [0.29, 0.717) is 0 Å². The molecule has 1 heterocycles. The fourth-order valence-corrected chi connectivity index (χ4v) is 3.28. The molecular weight excluding hydrogens is 339 g/mol. The fraction of sp³-hybridized carbons (Fsp3) is 0.0667. The van der Waals surface area contributed by atoms with E-state index >= 15 is 0 Å². The van der Waals surface area contributed by atoms with E-state index in [1.807, 2.05) is 0 Å². The van der Waals surface area contributed by atoms with Crippen molar-refractivity contribution in [3.63, 3.8) is 0 Å². The highest BCUT2D eigenvalue weighted by atomic mass is 32.2. The molecule has 3 rings (SSSR count). The molecule has 0 saturated carbocycles. The average molecular weight is 350 g/mol. The predicted molar refractivity (Wildman–Crippen MR) is 84.9 cm³/mol. The normalized spacial score (nSPS) is 11.6. The van der Waals surface area contributed by atoms with Crippen LogP contribution in [0.1, 0.15) is 0 Å². The van der Waals surface area contributed by atoms with Gasteiger partial charge in [0.25, 0.3) is 10.0 Å². The van der Waals surface area contributed by atoms with Crippen LogP contribution < -0.4 is 16.1 Å². The van der Waals surface area contributed by atoms with Gasteiger partial charge in [0, 0.05) is 7.05 Å². The predicted octanol–water partition coefficient (Wildman–Crippen LogP) is 1.43. The Morgan fingerprint density at radius 3 is 2.54 bits per heavy atom. The standard InChI is InChI=1S/C15H11FN2O5S/c1-18-13-7-6-9(8-10(13)14(19)23-15(18)20)24(21,22)17-12-5-3-2-4-11(12)16/h2-8,17H,1H3. The quantitative estimate of drug-likeness (QED) is 0.770. The van der Waals surface area contributed by atoms with Crippen LogP contribution in [0.2, 0.25) is 0 Å². The zero-order chi connectivity index (χ0) is 17.5. The summed E-state index contributed by atoms with van der Waals surface area (Å²) in [5.41, 5.74) is -0.942. The van der Waals surface area contributed by atoms with Gasteiger partial charge in [0.2, 0.25) is 0 Å². The van der Waals surface area contributed by atoms with Crippen LogP contribution in [0.15, 0.2) is 61.4 Å². The lowest BCUT2D eigenvalue weighted by atomic mass is 10.2. The summed E-state index contributed by atoms with van der Waals surface area (Å²) >= 11 is 0. The second-order valence-corrected chi connectivity index (χ2v) is 6.66. The molecule has 0 fully saturated rings. The van der Waals surface area contributed by atoms with Crippen molar-refractivity contribution in [3.8, 4) is 0 Å². The molecule has 2 aromatic carbocycles. The third kappa shape index (κ3) is 2.69. The van der Waals surface area contributed by atoms with Crippen molar-refractivity contribution >= 4 is 26.6 Å². The minimum atomic E-state index is -4.12. The monoisotopic (exact) mass is 350 g/mol. The van der Waals surface area contributed by atoms with Crippen molar-refractivity contribution in [2.75, 3.05) is 4.72 Å². The smallest absolute Gasteiger partial charge is 0.372 e. The van der Waals surface area contributed by atoms with Gasteiger partial charge in [-0.1, -0.05) is 12.1 Å². The summed E-state index contributed by atoms with van der Waals surface area (Å²) in [5.74, 6) is -1.59. The van der Waals surface area contributed by atoms with Crippen molar-refractivity contribution in [2.24, 2.45) is 7.05 Å². The van der Waals surface area contributed by atoms with Gasteiger partial charge >= 0.3 is 11.4 Å². The molecule has 0 unspecified atom stereocenters. The van der Waals surface area contributed by atoms with Crippen molar-refractivity contribution in [1.29, 1.82) is 0 Å². The van der Waals surface area contributed by atoms with Gasteiger partial charge in [0.1, 0.15) is 5.82 Å². The number of nitrogens with zero attached hydrogens (tertiary/aromatic N) is 1. The molecule has 9 heteroatoms. The van der Waals surface area contributed by atoms with Gasteiger partial charge in [-0.2, -0.15) is 0 Å². The highest BCUT2D eigenvalue weighted by molar-refractivity contribution is 7.92. The molecule has 1 N–H and O–H groups in total. The van der Waals surface area contributed by atoms with Gasteiger partial charge < -0.3 is 4.42 Å². The molecule has 24 heavy (non-hydrogen) atoms. The lowest BCUT2D eigenvalue weighted by molar-refractivity contribution is 0.432. The number of hydrogen-bond acceptors (Lipinski definition) is 5. The van der Waals surface area contributed by atoms with Gasteiger partial charge in [0.15, 0.2) is 0 Å². The Balaban J connectivity index is 2.14. The number of nitrogens with one attached hydrogen (secondary N) is 1. The van der Waals surface area contributed by atoms with Crippen molar-refractivity contribution in [1.82, 2.24) is 4.57 Å². The van der Waals surface area contributed by atoms with Crippen molar-refractivity contribution in [3.05, 3.63) is 69.3 Å². The minimum Gasteiger partial charge on any atom is -0.372 e. The number of aryl methyl sites for hydroxylation is 1. The third-order valence-electron chi connectivity index (χ3n) is 3.43. The Labute approximate surface area is 135 Å². The zero-order valence-corrected chi connectivity index (χ0v) is 13.1. The molecule has 0 radical (unpaired) electrons. The first-order valence-corrected chi connectivity index (χ1v) is 8.19. The average Bonchev–Trinajstić information content (AvgIpc) is 2.54. The fourth-order valence-electron chi connectivity index (χ4n) is 2.19. The van der Waals surface area contributed by atoms with Gasteiger partial charge in [-0.25, -0.2) is 22.4 Å². The lowest BCUT2D eigenvalue weighted by Crippen LogP contribution is -2.23. The van der Waals surface area contributed by atoms with Crippen LogP contribution >= 0.6 is 0 Å². The number of sulfonamides is 1. The third-order valence-corrected chi connectivity index (χ3v) is 4.79. The van der Waals surface area contributed by atoms with Gasteiger partial charge in [0.05, 0.1) is 21.5 Å². The Hall–Kier alpha value is -2.94. The lowest BCUT2D eigenvalue weighted by Gasteiger charge is -2.10. The first kappa shape index (κ1) is 15.9. The second kappa shape index (κ2) is 5.60. The number of benzene rings is 2. The maximum absolute atomic E-state index is 13.6. The first-order chi connectivity index (χ1) is 11.3. The summed E-state index contributed by atoms with van der Waals surface area (Å²) in [6.07, 6.45) is 0. The molecule has 7 nitrogen and oxygen atoms in total. The van der Waals surface area contributed by atoms with Crippen LogP contribution in [0.3, 0.4) is 0 Å². The Morgan fingerprint density at radius 2 is 1.83 bits per heavy atom. The Morgan fingerprint density at radius 1 is 1.12 bits per heavy atom. The van der Waals surface area contributed by atoms with Crippen molar-refractivity contribution < 1.29 is 17.2 Å². The highest BCUT2D eigenvalue weighted by Gasteiger charge is 2.18. The van der Waals surface area contributed by atoms with E-state index in [-0.39, 0.29) is 21.5 Å². The molecule has 1 aromatic heterocycles. The van der Waals surface area contributed by atoms with Gasteiger partial charge in [-0.05, 0) is 30.3 Å². The number of fused-ring (bicyclic) bond motifs is 1. The van der Waals surface area contributed by atoms with E-state index in [0.717, 1.165) is 16.7 Å². The van der Waals surface area contributed by atoms with E-state index in [2.05, 4.69) is 9.14 Å². The van der Waals surface area contributed by atoms with E-state index in [1.54, 1.807) is 0 Å². The number of halogens is 1. The molecule has 0 aliphatic carbocycles. The van der Waals surface area contributed by atoms with Crippen molar-refractivity contribution in [2.45, 2.75) is 4.90 Å². The van der Waals surface area contributed by atoms with Crippen LogP contribution in [0.25, 0.3) is 10.9 Å². The van der Waals surface area contributed by atoms with Crippen LogP contribution in [-0.4, -0.2) is 13.0 Å². The maximum atomic E-state index is 13.6.